The highest BCUT2D eigenvalue weighted by molar-refractivity contribution is 9.10. The molecule has 5 aromatic carbocycles. The lowest BCUT2D eigenvalue weighted by Gasteiger charge is -2.46. The second kappa shape index (κ2) is 18.9. The van der Waals surface area contributed by atoms with Crippen LogP contribution in [0.5, 0.6) is 0 Å². The second-order valence-corrected chi connectivity index (χ2v) is 18.1. The van der Waals surface area contributed by atoms with Gasteiger partial charge in [-0.1, -0.05) is 82.7 Å². The fourth-order valence-electron chi connectivity index (χ4n) is 7.00. The summed E-state index contributed by atoms with van der Waals surface area (Å²) in [5.74, 6) is 1.18. The van der Waals surface area contributed by atoms with E-state index in [1.165, 1.54) is 15.8 Å². The van der Waals surface area contributed by atoms with Gasteiger partial charge in [0.2, 0.25) is 0 Å². The summed E-state index contributed by atoms with van der Waals surface area (Å²) in [6.07, 6.45) is -50.3. The van der Waals surface area contributed by atoms with E-state index >= 15 is 0 Å². The van der Waals surface area contributed by atoms with Crippen LogP contribution in [-0.2, 0) is 66.1 Å². The molecule has 5 aromatic rings. The van der Waals surface area contributed by atoms with Gasteiger partial charge < -0.3 is 0 Å². The van der Waals surface area contributed by atoms with Gasteiger partial charge in [0, 0.05) is 10.0 Å². The van der Waals surface area contributed by atoms with Crippen LogP contribution in [0.15, 0.2) is 102 Å². The maximum atomic E-state index is 14.2. The third kappa shape index (κ3) is 13.1. The average Bonchev–Trinajstić information content (AvgIpc) is 3.16. The largest absolute Gasteiger partial charge is 0.416 e. The number of rotatable bonds is 6. The van der Waals surface area contributed by atoms with E-state index in [0.29, 0.717) is 10.9 Å². The lowest BCUT2D eigenvalue weighted by molar-refractivity contribution is -0.144. The van der Waals surface area contributed by atoms with E-state index in [1.54, 1.807) is 0 Å². The van der Waals surface area contributed by atoms with E-state index in [2.05, 4.69) is 52.7 Å². The van der Waals surface area contributed by atoms with Gasteiger partial charge in [0.05, 0.1) is 57.0 Å². The Labute approximate surface area is 378 Å². The Bertz CT molecular complexity index is 2150. The molecule has 0 fully saturated rings. The van der Waals surface area contributed by atoms with Crippen LogP contribution in [0.4, 0.5) is 105 Å². The molecule has 372 valence electrons. The van der Waals surface area contributed by atoms with Crippen molar-refractivity contribution in [1.29, 1.82) is 0 Å². The maximum absolute atomic E-state index is 14.2. The minimum atomic E-state index is -6.13. The summed E-state index contributed by atoms with van der Waals surface area (Å²) in [6.45, 7) is 0. The van der Waals surface area contributed by atoms with Crippen molar-refractivity contribution in [3.63, 3.8) is 0 Å². The minimum Gasteiger partial charge on any atom is -0.194 e. The SMILES string of the molecule is C[S+](C)Cc1ccccc1Br.FC(F)(F)c1cc([B-](c2cc(C(F)(F)F)cc(C(F)(F)F)c2)(c2cc(C(F)(F)F)cc(C(F)(F)F)c2)c2cc(C(F)(F)F)cc(C(F)(F)F)c2)cc(C(F)(F)F)c1. The van der Waals surface area contributed by atoms with Crippen molar-refractivity contribution < 1.29 is 105 Å². The van der Waals surface area contributed by atoms with Crippen LogP contribution in [0.2, 0.25) is 0 Å². The van der Waals surface area contributed by atoms with Crippen molar-refractivity contribution >= 4 is 54.8 Å². The fourth-order valence-corrected chi connectivity index (χ4v) is 8.48. The van der Waals surface area contributed by atoms with Crippen molar-refractivity contribution in [3.8, 4) is 0 Å². The molecule has 68 heavy (non-hydrogen) atoms. The molecule has 27 heteroatoms. The summed E-state index contributed by atoms with van der Waals surface area (Å²) in [7, 11) is 0.493. The van der Waals surface area contributed by atoms with Gasteiger partial charge in [-0.05, 0) is 41.2 Å². The normalized spacial score (nSPS) is 13.7. The van der Waals surface area contributed by atoms with Crippen molar-refractivity contribution in [2.75, 3.05) is 12.5 Å². The van der Waals surface area contributed by atoms with Crippen molar-refractivity contribution in [2.45, 2.75) is 55.2 Å². The van der Waals surface area contributed by atoms with Crippen LogP contribution in [0, 0.1) is 0 Å². The second-order valence-electron chi connectivity index (χ2n) is 14.9. The maximum Gasteiger partial charge on any atom is 0.416 e. The first-order chi connectivity index (χ1) is 30.5. The highest BCUT2D eigenvalue weighted by Gasteiger charge is 2.47. The van der Waals surface area contributed by atoms with Gasteiger partial charge in [-0.2, -0.15) is 127 Å². The van der Waals surface area contributed by atoms with Gasteiger partial charge in [-0.15, -0.1) is 0 Å². The average molecular weight is 1100 g/mol. The Morgan fingerprint density at radius 2 is 0.529 bits per heavy atom. The van der Waals surface area contributed by atoms with E-state index in [1.807, 2.05) is 0 Å². The number of halogens is 25. The first-order valence-corrected chi connectivity index (χ1v) is 21.1. The molecular weight excluding hydrogens is 1070 g/mol. The van der Waals surface area contributed by atoms with E-state index in [0.717, 1.165) is 0 Å². The quantitative estimate of drug-likeness (QED) is 0.0903. The summed E-state index contributed by atoms with van der Waals surface area (Å²) in [6, 6.07) is -0.390. The molecule has 0 aliphatic carbocycles. The summed E-state index contributed by atoms with van der Waals surface area (Å²) in [5.41, 5.74) is -28.8. The highest BCUT2D eigenvalue weighted by Crippen LogP contribution is 2.41. The van der Waals surface area contributed by atoms with Gasteiger partial charge in [0.25, 0.3) is 0 Å². The van der Waals surface area contributed by atoms with Gasteiger partial charge >= 0.3 is 49.4 Å². The topological polar surface area (TPSA) is 0 Å². The monoisotopic (exact) mass is 1090 g/mol. The van der Waals surface area contributed by atoms with Crippen LogP contribution in [0.25, 0.3) is 0 Å². The Hall–Kier alpha value is -4.69. The molecule has 0 aliphatic heterocycles. The minimum absolute atomic E-state index is 0.493. The fraction of sp³-hybridized carbons (Fsp3) is 0.268. The van der Waals surface area contributed by atoms with Gasteiger partial charge in [-0.25, -0.2) is 0 Å². The van der Waals surface area contributed by atoms with Crippen LogP contribution in [-0.4, -0.2) is 18.7 Å². The molecule has 0 unspecified atom stereocenters. The molecule has 0 saturated carbocycles. The molecule has 0 amide bonds. The summed E-state index contributed by atoms with van der Waals surface area (Å²) in [5, 5.41) is 0. The molecule has 0 aliphatic rings. The Balaban J connectivity index is 0.000000802. The van der Waals surface area contributed by atoms with Gasteiger partial charge in [0.15, 0.2) is 0 Å². The predicted molar refractivity (Wildman–Crippen MR) is 207 cm³/mol. The van der Waals surface area contributed by atoms with Crippen LogP contribution >= 0.6 is 15.9 Å². The predicted octanol–water partition coefficient (Wildman–Crippen LogP) is 14.0. The molecule has 0 atom stereocenters. The molecule has 0 spiro atoms. The van der Waals surface area contributed by atoms with E-state index < -0.39 is 195 Å². The van der Waals surface area contributed by atoms with Crippen molar-refractivity contribution in [3.05, 3.63) is 152 Å². The summed E-state index contributed by atoms with van der Waals surface area (Å²) >= 11 is 3.53. The molecule has 0 bridgehead atoms. The molecule has 0 saturated heterocycles. The lowest BCUT2D eigenvalue weighted by Crippen LogP contribution is -2.75. The standard InChI is InChI=1S/C32H12BF24.C9H12BrS/c34-25(35,36)13-1-14(26(37,38)39)6-21(5-13)33(22-7-15(27(40,41)42)2-16(8-22)28(43,44)45,23-9-17(29(46,47)48)3-18(10-23)30(49,50)51)24-11-19(31(52,53)54)4-20(12-24)32(55,56)57;1-11(2)7-8-5-3-4-6-9(8)10/h1-12H;3-6H,7H2,1-2H3/q-1;+1. The number of hydrogen-bond acceptors (Lipinski definition) is 0. The lowest BCUT2D eigenvalue weighted by atomic mass is 9.12. The Morgan fingerprint density at radius 3 is 0.691 bits per heavy atom. The smallest absolute Gasteiger partial charge is 0.194 e. The van der Waals surface area contributed by atoms with Crippen molar-refractivity contribution in [1.82, 2.24) is 0 Å². The molecule has 0 radical (unpaired) electrons. The number of benzene rings is 5. The van der Waals surface area contributed by atoms with E-state index in [9.17, 15) is 105 Å². The third-order valence-corrected chi connectivity index (χ3v) is 11.5. The molecule has 0 heterocycles. The zero-order valence-electron chi connectivity index (χ0n) is 33.4. The number of hydrogen-bond donors (Lipinski definition) is 0. The van der Waals surface area contributed by atoms with Crippen LogP contribution in [0.3, 0.4) is 0 Å². The van der Waals surface area contributed by atoms with Crippen LogP contribution in [0.1, 0.15) is 50.1 Å². The Morgan fingerprint density at radius 1 is 0.338 bits per heavy atom. The zero-order chi connectivity index (χ0) is 52.2. The zero-order valence-corrected chi connectivity index (χ0v) is 35.8. The third-order valence-electron chi connectivity index (χ3n) is 9.84. The number of alkyl halides is 24. The molecule has 0 nitrogen and oxygen atoms in total. The molecular formula is C41H24BBrF24S. The summed E-state index contributed by atoms with van der Waals surface area (Å²) in [4.78, 5) is 0. The van der Waals surface area contributed by atoms with Gasteiger partial charge in [-0.3, -0.25) is 0 Å². The Kier molecular flexibility index (Phi) is 15.5. The van der Waals surface area contributed by atoms with Crippen LogP contribution < -0.4 is 21.9 Å². The summed E-state index contributed by atoms with van der Waals surface area (Å²) < 4.78 is 342. The molecule has 0 aromatic heterocycles. The van der Waals surface area contributed by atoms with Gasteiger partial charge in [0.1, 0.15) is 11.9 Å². The first kappa shape index (κ1) is 55.9. The molecule has 5 rings (SSSR count). The molecule has 0 N–H and O–H groups in total. The first-order valence-electron chi connectivity index (χ1n) is 18.1. The van der Waals surface area contributed by atoms with Crippen molar-refractivity contribution in [2.24, 2.45) is 0 Å². The van der Waals surface area contributed by atoms with E-state index in [-0.39, 0.29) is 0 Å². The highest BCUT2D eigenvalue weighted by atomic mass is 79.9. The van der Waals surface area contributed by atoms with E-state index in [4.69, 9.17) is 0 Å².